The van der Waals surface area contributed by atoms with Crippen molar-refractivity contribution in [2.75, 3.05) is 31.1 Å². The number of rotatable bonds is 4. The Morgan fingerprint density at radius 3 is 2.39 bits per heavy atom. The van der Waals surface area contributed by atoms with Gasteiger partial charge in [-0.2, -0.15) is 0 Å². The molecule has 0 aliphatic carbocycles. The largest absolute Gasteiger partial charge is 0.481 e. The maximum Gasteiger partial charge on any atom is 0.263 e. The summed E-state index contributed by atoms with van der Waals surface area (Å²) in [4.78, 5) is 20.9. The van der Waals surface area contributed by atoms with Crippen LogP contribution in [0.1, 0.15) is 6.92 Å². The number of benzene rings is 1. The van der Waals surface area contributed by atoms with Crippen LogP contribution in [0.4, 0.5) is 5.82 Å². The molecule has 1 aliphatic rings. The lowest BCUT2D eigenvalue weighted by atomic mass is 10.2. The Balaban J connectivity index is 1.54. The Labute approximate surface area is 136 Å². The number of nitrogens with zero attached hydrogens (tertiary/aromatic N) is 3. The van der Waals surface area contributed by atoms with Gasteiger partial charge in [0.05, 0.1) is 0 Å². The lowest BCUT2D eigenvalue weighted by molar-refractivity contribution is -0.138. The average molecular weight is 311 g/mol. The fourth-order valence-corrected chi connectivity index (χ4v) is 2.71. The number of aromatic nitrogens is 1. The normalized spacial score (nSPS) is 16.0. The van der Waals surface area contributed by atoms with Crippen LogP contribution >= 0.6 is 0 Å². The molecule has 1 aliphatic heterocycles. The van der Waals surface area contributed by atoms with Crippen molar-refractivity contribution in [3.63, 3.8) is 0 Å². The first-order chi connectivity index (χ1) is 11.2. The monoisotopic (exact) mass is 311 g/mol. The molecule has 0 bridgehead atoms. The molecule has 1 saturated heterocycles. The van der Waals surface area contributed by atoms with E-state index in [2.05, 4.69) is 9.88 Å². The lowest BCUT2D eigenvalue weighted by Gasteiger charge is -2.36. The number of hydrogen-bond donors (Lipinski definition) is 0. The molecule has 5 nitrogen and oxygen atoms in total. The topological polar surface area (TPSA) is 45.7 Å². The van der Waals surface area contributed by atoms with Crippen molar-refractivity contribution in [1.82, 2.24) is 9.88 Å². The Kier molecular flexibility index (Phi) is 4.76. The SMILES string of the molecule is C[C@@H](Oc1ccccc1)C(=O)N1CCN(c2ccccn2)CC1. The Bertz CT molecular complexity index is 625. The standard InChI is InChI=1S/C18H21N3O2/c1-15(23-16-7-3-2-4-8-16)18(22)21-13-11-20(12-14-21)17-9-5-6-10-19-17/h2-10,15H,11-14H2,1H3/t15-/m1/s1. The van der Waals surface area contributed by atoms with E-state index in [0.29, 0.717) is 13.1 Å². The van der Waals surface area contributed by atoms with Gasteiger partial charge in [0.2, 0.25) is 0 Å². The van der Waals surface area contributed by atoms with E-state index in [0.717, 1.165) is 24.7 Å². The van der Waals surface area contributed by atoms with Crippen molar-refractivity contribution in [2.45, 2.75) is 13.0 Å². The molecule has 1 aromatic heterocycles. The van der Waals surface area contributed by atoms with E-state index in [1.165, 1.54) is 0 Å². The first kappa shape index (κ1) is 15.3. The van der Waals surface area contributed by atoms with E-state index in [1.807, 2.05) is 53.4 Å². The molecule has 0 spiro atoms. The summed E-state index contributed by atoms with van der Waals surface area (Å²) in [5.74, 6) is 1.73. The van der Waals surface area contributed by atoms with Gasteiger partial charge in [-0.15, -0.1) is 0 Å². The highest BCUT2D eigenvalue weighted by atomic mass is 16.5. The van der Waals surface area contributed by atoms with E-state index < -0.39 is 6.10 Å². The van der Waals surface area contributed by atoms with Gasteiger partial charge < -0.3 is 14.5 Å². The van der Waals surface area contributed by atoms with Crippen LogP contribution in [0.15, 0.2) is 54.7 Å². The predicted octanol–water partition coefficient (Wildman–Crippen LogP) is 2.20. The zero-order valence-electron chi connectivity index (χ0n) is 13.3. The fraction of sp³-hybridized carbons (Fsp3) is 0.333. The minimum Gasteiger partial charge on any atom is -0.481 e. The van der Waals surface area contributed by atoms with Crippen LogP contribution in [0, 0.1) is 0 Å². The summed E-state index contributed by atoms with van der Waals surface area (Å²) in [6, 6.07) is 15.3. The Hall–Kier alpha value is -2.56. The summed E-state index contributed by atoms with van der Waals surface area (Å²) in [7, 11) is 0. The number of pyridine rings is 1. The highest BCUT2D eigenvalue weighted by Crippen LogP contribution is 2.15. The molecule has 1 amide bonds. The smallest absolute Gasteiger partial charge is 0.263 e. The number of amides is 1. The molecule has 3 rings (SSSR count). The van der Waals surface area contributed by atoms with Crippen LogP contribution in [0.3, 0.4) is 0 Å². The molecule has 0 N–H and O–H groups in total. The number of hydrogen-bond acceptors (Lipinski definition) is 4. The second-order valence-electron chi connectivity index (χ2n) is 5.57. The van der Waals surface area contributed by atoms with Crippen LogP contribution in [-0.2, 0) is 4.79 Å². The fourth-order valence-electron chi connectivity index (χ4n) is 2.71. The minimum atomic E-state index is -0.473. The number of para-hydroxylation sites is 1. The van der Waals surface area contributed by atoms with E-state index in [4.69, 9.17) is 4.74 Å². The molecule has 1 atom stereocenters. The van der Waals surface area contributed by atoms with Gasteiger partial charge in [-0.1, -0.05) is 24.3 Å². The number of piperazine rings is 1. The summed E-state index contributed by atoms with van der Waals surface area (Å²) in [5, 5.41) is 0. The van der Waals surface area contributed by atoms with E-state index in [1.54, 1.807) is 13.1 Å². The maximum absolute atomic E-state index is 12.5. The van der Waals surface area contributed by atoms with Crippen molar-refractivity contribution in [1.29, 1.82) is 0 Å². The Morgan fingerprint density at radius 2 is 1.74 bits per heavy atom. The highest BCUT2D eigenvalue weighted by molar-refractivity contribution is 5.81. The highest BCUT2D eigenvalue weighted by Gasteiger charge is 2.26. The van der Waals surface area contributed by atoms with E-state index >= 15 is 0 Å². The van der Waals surface area contributed by atoms with Gasteiger partial charge in [-0.05, 0) is 31.2 Å². The van der Waals surface area contributed by atoms with Gasteiger partial charge in [-0.3, -0.25) is 4.79 Å². The van der Waals surface area contributed by atoms with Crippen molar-refractivity contribution >= 4 is 11.7 Å². The molecule has 23 heavy (non-hydrogen) atoms. The molecule has 1 fully saturated rings. The number of anilines is 1. The van der Waals surface area contributed by atoms with Crippen LogP contribution in [0.2, 0.25) is 0 Å². The molecule has 2 heterocycles. The first-order valence-electron chi connectivity index (χ1n) is 7.90. The molecule has 120 valence electrons. The van der Waals surface area contributed by atoms with Crippen molar-refractivity contribution < 1.29 is 9.53 Å². The number of ether oxygens (including phenoxy) is 1. The second-order valence-corrected chi connectivity index (χ2v) is 5.57. The second kappa shape index (κ2) is 7.13. The van der Waals surface area contributed by atoms with Gasteiger partial charge in [0.1, 0.15) is 11.6 Å². The molecule has 2 aromatic rings. The van der Waals surface area contributed by atoms with Gasteiger partial charge in [0, 0.05) is 32.4 Å². The Morgan fingerprint density at radius 1 is 1.04 bits per heavy atom. The maximum atomic E-state index is 12.5. The van der Waals surface area contributed by atoms with E-state index in [9.17, 15) is 4.79 Å². The average Bonchev–Trinajstić information content (AvgIpc) is 2.63. The molecule has 0 saturated carbocycles. The summed E-state index contributed by atoms with van der Waals surface area (Å²) >= 11 is 0. The quantitative estimate of drug-likeness (QED) is 0.868. The third-order valence-corrected chi connectivity index (χ3v) is 3.97. The lowest BCUT2D eigenvalue weighted by Crippen LogP contribution is -2.52. The zero-order chi connectivity index (χ0) is 16.1. The first-order valence-corrected chi connectivity index (χ1v) is 7.90. The van der Waals surface area contributed by atoms with Crippen molar-refractivity contribution in [3.8, 4) is 5.75 Å². The van der Waals surface area contributed by atoms with Crippen LogP contribution in [0.25, 0.3) is 0 Å². The van der Waals surface area contributed by atoms with Crippen molar-refractivity contribution in [2.24, 2.45) is 0 Å². The molecule has 0 radical (unpaired) electrons. The van der Waals surface area contributed by atoms with Crippen LogP contribution < -0.4 is 9.64 Å². The van der Waals surface area contributed by atoms with Crippen molar-refractivity contribution in [3.05, 3.63) is 54.7 Å². The predicted molar refractivity (Wildman–Crippen MR) is 89.6 cm³/mol. The summed E-state index contributed by atoms with van der Waals surface area (Å²) < 4.78 is 5.72. The van der Waals surface area contributed by atoms with Gasteiger partial charge in [-0.25, -0.2) is 4.98 Å². The molecule has 5 heteroatoms. The number of carbonyl (C=O) groups excluding carboxylic acids is 1. The minimum absolute atomic E-state index is 0.0366. The van der Waals surface area contributed by atoms with Crippen LogP contribution in [-0.4, -0.2) is 48.1 Å². The molecule has 0 unspecified atom stereocenters. The summed E-state index contributed by atoms with van der Waals surface area (Å²) in [6.07, 6.45) is 1.32. The van der Waals surface area contributed by atoms with Gasteiger partial charge >= 0.3 is 0 Å². The molecule has 1 aromatic carbocycles. The molecular formula is C18H21N3O2. The van der Waals surface area contributed by atoms with Gasteiger partial charge in [0.15, 0.2) is 6.10 Å². The number of carbonyl (C=O) groups is 1. The van der Waals surface area contributed by atoms with E-state index in [-0.39, 0.29) is 5.91 Å². The zero-order valence-corrected chi connectivity index (χ0v) is 13.3. The third-order valence-electron chi connectivity index (χ3n) is 3.97. The van der Waals surface area contributed by atoms with Crippen LogP contribution in [0.5, 0.6) is 5.75 Å². The third kappa shape index (κ3) is 3.80. The summed E-state index contributed by atoms with van der Waals surface area (Å²) in [6.45, 7) is 4.78. The molecular weight excluding hydrogens is 290 g/mol. The summed E-state index contributed by atoms with van der Waals surface area (Å²) in [5.41, 5.74) is 0. The van der Waals surface area contributed by atoms with Gasteiger partial charge in [0.25, 0.3) is 5.91 Å².